The molecule has 0 radical (unpaired) electrons. The van der Waals surface area contributed by atoms with Gasteiger partial charge in [0.15, 0.2) is 11.6 Å². The number of aryl methyl sites for hydroxylation is 1. The average molecular weight is 325 g/mol. The van der Waals surface area contributed by atoms with Crippen molar-refractivity contribution in [1.29, 1.82) is 0 Å². The van der Waals surface area contributed by atoms with Gasteiger partial charge in [-0.15, -0.1) is 0 Å². The zero-order valence-corrected chi connectivity index (χ0v) is 12.2. The van der Waals surface area contributed by atoms with Gasteiger partial charge in [-0.05, 0) is 43.7 Å². The normalized spacial score (nSPS) is 12.2. The second kappa shape index (κ2) is 5.57. The molecule has 2 N–H and O–H groups in total. The molecule has 1 aromatic heterocycles. The Kier molecular flexibility index (Phi) is 4.04. The molecule has 2 aromatic rings. The van der Waals surface area contributed by atoms with Crippen molar-refractivity contribution in [2.75, 3.05) is 5.73 Å². The molecular weight excluding hydrogens is 311 g/mol. The molecule has 0 saturated heterocycles. The van der Waals surface area contributed by atoms with Crippen LogP contribution in [0.3, 0.4) is 0 Å². The minimum Gasteiger partial charge on any atom is -0.482 e. The van der Waals surface area contributed by atoms with Crippen molar-refractivity contribution in [2.24, 2.45) is 0 Å². The van der Waals surface area contributed by atoms with Crippen LogP contribution < -0.4 is 10.5 Å². The van der Waals surface area contributed by atoms with Gasteiger partial charge in [0, 0.05) is 16.2 Å². The maximum atomic E-state index is 13.3. The average Bonchev–Trinajstić information content (AvgIpc) is 2.36. The highest BCUT2D eigenvalue weighted by atomic mass is 79.9. The lowest BCUT2D eigenvalue weighted by Crippen LogP contribution is -2.07. The summed E-state index contributed by atoms with van der Waals surface area (Å²) in [6.45, 7) is 3.74. The van der Waals surface area contributed by atoms with E-state index in [0.29, 0.717) is 11.6 Å². The summed E-state index contributed by atoms with van der Waals surface area (Å²) in [5, 5.41) is 0. The minimum absolute atomic E-state index is 0.302. The maximum Gasteiger partial charge on any atom is 0.166 e. The number of halogens is 2. The molecule has 3 nitrogen and oxygen atoms in total. The summed E-state index contributed by atoms with van der Waals surface area (Å²) in [5.41, 5.74) is 7.44. The molecule has 0 aliphatic heterocycles. The molecule has 100 valence electrons. The zero-order chi connectivity index (χ0) is 14.0. The fraction of sp³-hybridized carbons (Fsp3) is 0.214. The number of pyridine rings is 1. The molecule has 0 bridgehead atoms. The highest BCUT2D eigenvalue weighted by molar-refractivity contribution is 9.10. The van der Waals surface area contributed by atoms with E-state index in [1.165, 1.54) is 12.1 Å². The van der Waals surface area contributed by atoms with Crippen molar-refractivity contribution < 1.29 is 9.13 Å². The van der Waals surface area contributed by atoms with E-state index in [4.69, 9.17) is 10.5 Å². The van der Waals surface area contributed by atoms with E-state index in [-0.39, 0.29) is 11.9 Å². The Balaban J connectivity index is 2.27. The Morgan fingerprint density at radius 2 is 2.11 bits per heavy atom. The molecule has 5 heteroatoms. The number of ether oxygens (including phenoxy) is 1. The van der Waals surface area contributed by atoms with Gasteiger partial charge in [-0.3, -0.25) is 0 Å². The van der Waals surface area contributed by atoms with Gasteiger partial charge < -0.3 is 10.5 Å². The summed E-state index contributed by atoms with van der Waals surface area (Å²) in [6.07, 6.45) is 1.33. The van der Waals surface area contributed by atoms with Crippen molar-refractivity contribution in [3.63, 3.8) is 0 Å². The molecule has 1 unspecified atom stereocenters. The molecule has 1 aromatic carbocycles. The highest BCUT2D eigenvalue weighted by Gasteiger charge is 2.14. The predicted molar refractivity (Wildman–Crippen MR) is 76.5 cm³/mol. The monoisotopic (exact) mass is 324 g/mol. The van der Waals surface area contributed by atoms with Crippen LogP contribution in [0.5, 0.6) is 5.75 Å². The van der Waals surface area contributed by atoms with E-state index in [2.05, 4.69) is 20.9 Å². The largest absolute Gasteiger partial charge is 0.482 e. The smallest absolute Gasteiger partial charge is 0.166 e. The molecule has 1 heterocycles. The van der Waals surface area contributed by atoms with E-state index < -0.39 is 0 Å². The van der Waals surface area contributed by atoms with E-state index >= 15 is 0 Å². The van der Waals surface area contributed by atoms with Gasteiger partial charge in [0.2, 0.25) is 0 Å². The van der Waals surface area contributed by atoms with Crippen LogP contribution in [0.2, 0.25) is 0 Å². The standard InChI is InChI=1S/C14H14BrFN2O/c1-8-5-13(14(17)18-7-8)19-9(2)11-6-10(16)3-4-12(11)15/h3-7,9H,1-2H3,(H2,17,18). The lowest BCUT2D eigenvalue weighted by molar-refractivity contribution is 0.226. The predicted octanol–water partition coefficient (Wildman–Crippen LogP) is 4.01. The van der Waals surface area contributed by atoms with Gasteiger partial charge in [0.25, 0.3) is 0 Å². The van der Waals surface area contributed by atoms with E-state index in [1.54, 1.807) is 12.3 Å². The van der Waals surface area contributed by atoms with Crippen LogP contribution in [0.15, 0.2) is 34.9 Å². The quantitative estimate of drug-likeness (QED) is 0.927. The molecule has 0 fully saturated rings. The Morgan fingerprint density at radius 1 is 1.37 bits per heavy atom. The zero-order valence-electron chi connectivity index (χ0n) is 10.7. The van der Waals surface area contributed by atoms with Gasteiger partial charge in [0.05, 0.1) is 0 Å². The molecule has 0 spiro atoms. The Labute approximate surface area is 119 Å². The number of anilines is 1. The third-order valence-corrected chi connectivity index (χ3v) is 3.44. The van der Waals surface area contributed by atoms with E-state index in [0.717, 1.165) is 15.6 Å². The van der Waals surface area contributed by atoms with Crippen LogP contribution >= 0.6 is 15.9 Å². The number of benzene rings is 1. The first-order valence-corrected chi connectivity index (χ1v) is 6.60. The third-order valence-electron chi connectivity index (χ3n) is 2.72. The van der Waals surface area contributed by atoms with Gasteiger partial charge in [-0.1, -0.05) is 15.9 Å². The molecule has 2 rings (SSSR count). The molecular formula is C14H14BrFN2O. The van der Waals surface area contributed by atoms with Crippen LogP contribution in [-0.4, -0.2) is 4.98 Å². The number of hydrogen-bond acceptors (Lipinski definition) is 3. The first-order valence-electron chi connectivity index (χ1n) is 5.81. The Bertz CT molecular complexity index is 604. The SMILES string of the molecule is Cc1cnc(N)c(OC(C)c2cc(F)ccc2Br)c1. The molecule has 0 saturated carbocycles. The van der Waals surface area contributed by atoms with Crippen LogP contribution in [0.4, 0.5) is 10.2 Å². The fourth-order valence-corrected chi connectivity index (χ4v) is 2.30. The highest BCUT2D eigenvalue weighted by Crippen LogP contribution is 2.30. The van der Waals surface area contributed by atoms with Crippen LogP contribution in [0.25, 0.3) is 0 Å². The van der Waals surface area contributed by atoms with Crippen molar-refractivity contribution in [3.8, 4) is 5.75 Å². The second-order valence-corrected chi connectivity index (χ2v) is 5.18. The molecule has 0 aliphatic rings. The molecule has 19 heavy (non-hydrogen) atoms. The fourth-order valence-electron chi connectivity index (χ4n) is 1.73. The summed E-state index contributed by atoms with van der Waals surface area (Å²) >= 11 is 3.38. The van der Waals surface area contributed by atoms with Crippen molar-refractivity contribution in [2.45, 2.75) is 20.0 Å². The van der Waals surface area contributed by atoms with Gasteiger partial charge in [0.1, 0.15) is 11.9 Å². The van der Waals surface area contributed by atoms with Crippen molar-refractivity contribution >= 4 is 21.7 Å². The molecule has 1 atom stereocenters. The van der Waals surface area contributed by atoms with Crippen molar-refractivity contribution in [3.05, 3.63) is 51.9 Å². The van der Waals surface area contributed by atoms with Crippen LogP contribution in [-0.2, 0) is 0 Å². The first kappa shape index (κ1) is 13.8. The lowest BCUT2D eigenvalue weighted by atomic mass is 10.1. The Morgan fingerprint density at radius 3 is 2.84 bits per heavy atom. The molecule has 0 aliphatic carbocycles. The number of hydrogen-bond donors (Lipinski definition) is 1. The number of nitrogens with zero attached hydrogens (tertiary/aromatic N) is 1. The van der Waals surface area contributed by atoms with Gasteiger partial charge >= 0.3 is 0 Å². The van der Waals surface area contributed by atoms with E-state index in [1.807, 2.05) is 19.9 Å². The number of nitrogens with two attached hydrogens (primary N) is 1. The summed E-state index contributed by atoms with van der Waals surface area (Å²) in [6, 6.07) is 6.30. The van der Waals surface area contributed by atoms with Crippen molar-refractivity contribution in [1.82, 2.24) is 4.98 Å². The first-order chi connectivity index (χ1) is 8.97. The number of aromatic nitrogens is 1. The number of rotatable bonds is 3. The van der Waals surface area contributed by atoms with Gasteiger partial charge in [-0.25, -0.2) is 9.37 Å². The summed E-state index contributed by atoms with van der Waals surface area (Å²) in [4.78, 5) is 4.03. The Hall–Kier alpha value is -1.62. The second-order valence-electron chi connectivity index (χ2n) is 4.32. The maximum absolute atomic E-state index is 13.3. The molecule has 0 amide bonds. The summed E-state index contributed by atoms with van der Waals surface area (Å²) < 4.78 is 19.8. The third kappa shape index (κ3) is 3.23. The topological polar surface area (TPSA) is 48.1 Å². The summed E-state index contributed by atoms with van der Waals surface area (Å²) in [5.74, 6) is 0.526. The van der Waals surface area contributed by atoms with Crippen LogP contribution in [0, 0.1) is 12.7 Å². The van der Waals surface area contributed by atoms with Crippen LogP contribution in [0.1, 0.15) is 24.2 Å². The lowest BCUT2D eigenvalue weighted by Gasteiger charge is -2.17. The van der Waals surface area contributed by atoms with E-state index in [9.17, 15) is 4.39 Å². The van der Waals surface area contributed by atoms with Gasteiger partial charge in [-0.2, -0.15) is 0 Å². The number of nitrogen functional groups attached to an aromatic ring is 1. The summed E-state index contributed by atoms with van der Waals surface area (Å²) in [7, 11) is 0. The minimum atomic E-state index is -0.337.